The molecule has 4 rings (SSSR count). The number of rotatable bonds is 6. The maximum Gasteiger partial charge on any atom is 0.243 e. The Morgan fingerprint density at radius 1 is 1.26 bits per heavy atom. The van der Waals surface area contributed by atoms with Crippen LogP contribution in [0.15, 0.2) is 51.8 Å². The molecular weight excluding hydrogens is 577 g/mol. The second-order valence-corrected chi connectivity index (χ2v) is 12.7. The average Bonchev–Trinajstić information content (AvgIpc) is 3.22. The molecule has 1 aromatic heterocycles. The van der Waals surface area contributed by atoms with Crippen LogP contribution in [0.4, 0.5) is 4.39 Å². The van der Waals surface area contributed by atoms with Gasteiger partial charge in [0.2, 0.25) is 15.9 Å². The summed E-state index contributed by atoms with van der Waals surface area (Å²) < 4.78 is 41.5. The first kappa shape index (κ1) is 26.2. The first-order valence-electron chi connectivity index (χ1n) is 11.1. The number of amides is 1. The Bertz CT molecular complexity index is 1360. The summed E-state index contributed by atoms with van der Waals surface area (Å²) in [6.45, 7) is 4.27. The molecule has 2 heterocycles. The molecule has 2 aromatic carbocycles. The zero-order valence-corrected chi connectivity index (χ0v) is 23.1. The van der Waals surface area contributed by atoms with Crippen molar-refractivity contribution in [2.24, 2.45) is 5.92 Å². The Labute approximate surface area is 221 Å². The van der Waals surface area contributed by atoms with Gasteiger partial charge in [-0.1, -0.05) is 45.7 Å². The monoisotopic (exact) mass is 599 g/mol. The fourth-order valence-corrected chi connectivity index (χ4v) is 7.55. The van der Waals surface area contributed by atoms with Gasteiger partial charge in [0, 0.05) is 29.0 Å². The van der Waals surface area contributed by atoms with Crippen LogP contribution in [-0.4, -0.2) is 36.7 Å². The predicted octanol–water partition coefficient (Wildman–Crippen LogP) is 5.95. The third-order valence-corrected chi connectivity index (χ3v) is 10.3. The summed E-state index contributed by atoms with van der Waals surface area (Å²) in [5, 5.41) is 3.72. The van der Waals surface area contributed by atoms with E-state index in [1.54, 1.807) is 11.3 Å². The minimum Gasteiger partial charge on any atom is -0.348 e. The Hall–Kier alpha value is -1.85. The van der Waals surface area contributed by atoms with Crippen LogP contribution in [0.1, 0.15) is 36.4 Å². The molecule has 3 aromatic rings. The fourth-order valence-electron chi connectivity index (χ4n) is 4.10. The van der Waals surface area contributed by atoms with Crippen molar-refractivity contribution in [3.8, 4) is 10.6 Å². The molecule has 1 unspecified atom stereocenters. The van der Waals surface area contributed by atoms with E-state index in [0.29, 0.717) is 12.8 Å². The minimum atomic E-state index is -3.81. The van der Waals surface area contributed by atoms with Crippen LogP contribution in [0.25, 0.3) is 10.6 Å². The summed E-state index contributed by atoms with van der Waals surface area (Å²) in [5.41, 5.74) is 1.87. The quantitative estimate of drug-likeness (QED) is 0.379. The molecule has 186 valence electrons. The van der Waals surface area contributed by atoms with Crippen LogP contribution in [0.2, 0.25) is 5.02 Å². The molecule has 11 heteroatoms. The SMILES string of the molecule is Cc1nc(-c2ccccc2Br)sc1C(C)NC(=O)C1CCN(S(=O)(=O)c2ccc(F)c(Cl)c2)CC1. The molecule has 1 amide bonds. The van der Waals surface area contributed by atoms with Crippen LogP contribution in [0.3, 0.4) is 0 Å². The Morgan fingerprint density at radius 2 is 1.94 bits per heavy atom. The topological polar surface area (TPSA) is 79.4 Å². The summed E-state index contributed by atoms with van der Waals surface area (Å²) in [5.74, 6) is -1.07. The van der Waals surface area contributed by atoms with Gasteiger partial charge < -0.3 is 5.32 Å². The van der Waals surface area contributed by atoms with E-state index in [4.69, 9.17) is 16.6 Å². The maximum absolute atomic E-state index is 13.4. The van der Waals surface area contributed by atoms with Gasteiger partial charge in [-0.15, -0.1) is 11.3 Å². The molecule has 0 saturated carbocycles. The van der Waals surface area contributed by atoms with E-state index in [9.17, 15) is 17.6 Å². The van der Waals surface area contributed by atoms with Crippen LogP contribution in [0, 0.1) is 18.7 Å². The van der Waals surface area contributed by atoms with E-state index in [0.717, 1.165) is 37.7 Å². The molecule has 6 nitrogen and oxygen atoms in total. The van der Waals surface area contributed by atoms with Crippen molar-refractivity contribution in [2.75, 3.05) is 13.1 Å². The van der Waals surface area contributed by atoms with Crippen molar-refractivity contribution in [2.45, 2.75) is 37.6 Å². The number of hydrogen-bond donors (Lipinski definition) is 1. The predicted molar refractivity (Wildman–Crippen MR) is 139 cm³/mol. The zero-order valence-electron chi connectivity index (χ0n) is 19.1. The molecule has 1 atom stereocenters. The molecule has 0 bridgehead atoms. The second-order valence-electron chi connectivity index (χ2n) is 8.43. The van der Waals surface area contributed by atoms with E-state index >= 15 is 0 Å². The molecule has 1 fully saturated rings. The number of aryl methyl sites for hydroxylation is 1. The molecule has 0 spiro atoms. The van der Waals surface area contributed by atoms with Crippen molar-refractivity contribution in [1.82, 2.24) is 14.6 Å². The lowest BCUT2D eigenvalue weighted by Gasteiger charge is -2.31. The highest BCUT2D eigenvalue weighted by Gasteiger charge is 2.33. The van der Waals surface area contributed by atoms with Gasteiger partial charge in [0.05, 0.1) is 26.5 Å². The molecule has 1 N–H and O–H groups in total. The van der Waals surface area contributed by atoms with Crippen LogP contribution < -0.4 is 5.32 Å². The number of thiazole rings is 1. The van der Waals surface area contributed by atoms with Crippen molar-refractivity contribution in [3.63, 3.8) is 0 Å². The normalized spacial score (nSPS) is 16.3. The molecule has 1 aliphatic rings. The number of benzene rings is 2. The third-order valence-electron chi connectivity index (χ3n) is 6.04. The molecule has 1 aliphatic heterocycles. The summed E-state index contributed by atoms with van der Waals surface area (Å²) in [6, 6.07) is 11.0. The van der Waals surface area contributed by atoms with Gasteiger partial charge in [-0.2, -0.15) is 4.31 Å². The largest absolute Gasteiger partial charge is 0.348 e. The number of sulfonamides is 1. The van der Waals surface area contributed by atoms with Crippen molar-refractivity contribution >= 4 is 54.8 Å². The maximum atomic E-state index is 13.4. The number of carbonyl (C=O) groups is 1. The smallest absolute Gasteiger partial charge is 0.243 e. The number of nitrogens with one attached hydrogen (secondary N) is 1. The Balaban J connectivity index is 1.39. The van der Waals surface area contributed by atoms with Gasteiger partial charge in [-0.25, -0.2) is 17.8 Å². The molecular formula is C24H24BrClFN3O3S2. The highest BCUT2D eigenvalue weighted by molar-refractivity contribution is 9.10. The highest BCUT2D eigenvalue weighted by Crippen LogP contribution is 2.35. The standard InChI is InChI=1S/C24H24BrClFN3O3S2/c1-14(22-15(2)29-24(34-22)18-5-3-4-6-19(18)25)28-23(31)16-9-11-30(12-10-16)35(32,33)17-7-8-21(27)20(26)13-17/h3-8,13-14,16H,9-12H2,1-2H3,(H,28,31). The average molecular weight is 601 g/mol. The summed E-state index contributed by atoms with van der Waals surface area (Å²) in [4.78, 5) is 18.6. The van der Waals surface area contributed by atoms with Gasteiger partial charge in [0.15, 0.2) is 0 Å². The zero-order chi connectivity index (χ0) is 25.3. The molecule has 0 radical (unpaired) electrons. The first-order valence-corrected chi connectivity index (χ1v) is 14.5. The first-order chi connectivity index (χ1) is 16.6. The molecule has 1 saturated heterocycles. The van der Waals surface area contributed by atoms with E-state index in [-0.39, 0.29) is 40.9 Å². The second kappa shape index (κ2) is 10.6. The van der Waals surface area contributed by atoms with E-state index in [1.807, 2.05) is 38.1 Å². The number of nitrogens with zero attached hydrogens (tertiary/aromatic N) is 2. The fraction of sp³-hybridized carbons (Fsp3) is 0.333. The number of carbonyl (C=O) groups excluding carboxylic acids is 1. The third kappa shape index (κ3) is 5.61. The Kier molecular flexibility index (Phi) is 7.97. The van der Waals surface area contributed by atoms with E-state index in [2.05, 4.69) is 21.2 Å². The summed E-state index contributed by atoms with van der Waals surface area (Å²) >= 11 is 10.9. The number of halogens is 3. The minimum absolute atomic E-state index is 0.0537. The van der Waals surface area contributed by atoms with E-state index in [1.165, 1.54) is 10.4 Å². The number of piperidine rings is 1. The molecule has 35 heavy (non-hydrogen) atoms. The Morgan fingerprint density at radius 3 is 2.60 bits per heavy atom. The summed E-state index contributed by atoms with van der Waals surface area (Å²) in [7, 11) is -3.81. The van der Waals surface area contributed by atoms with Gasteiger partial charge in [0.1, 0.15) is 10.8 Å². The number of aromatic nitrogens is 1. The van der Waals surface area contributed by atoms with E-state index < -0.39 is 15.8 Å². The lowest BCUT2D eigenvalue weighted by Crippen LogP contribution is -2.43. The van der Waals surface area contributed by atoms with Crippen molar-refractivity contribution < 1.29 is 17.6 Å². The van der Waals surface area contributed by atoms with Crippen molar-refractivity contribution in [3.05, 3.63) is 68.3 Å². The van der Waals surface area contributed by atoms with Gasteiger partial charge in [-0.05, 0) is 51.0 Å². The summed E-state index contributed by atoms with van der Waals surface area (Å²) in [6.07, 6.45) is 0.799. The van der Waals surface area contributed by atoms with Crippen LogP contribution in [-0.2, 0) is 14.8 Å². The number of hydrogen-bond acceptors (Lipinski definition) is 5. The van der Waals surface area contributed by atoms with Gasteiger partial charge in [0.25, 0.3) is 0 Å². The highest BCUT2D eigenvalue weighted by atomic mass is 79.9. The lowest BCUT2D eigenvalue weighted by molar-refractivity contribution is -0.126. The van der Waals surface area contributed by atoms with Gasteiger partial charge >= 0.3 is 0 Å². The molecule has 0 aliphatic carbocycles. The lowest BCUT2D eigenvalue weighted by atomic mass is 9.97. The van der Waals surface area contributed by atoms with Crippen LogP contribution in [0.5, 0.6) is 0 Å². The van der Waals surface area contributed by atoms with Crippen molar-refractivity contribution in [1.29, 1.82) is 0 Å². The van der Waals surface area contributed by atoms with Crippen LogP contribution >= 0.6 is 38.9 Å². The van der Waals surface area contributed by atoms with Gasteiger partial charge in [-0.3, -0.25) is 4.79 Å².